The minimum absolute atomic E-state index is 0.189. The van der Waals surface area contributed by atoms with Gasteiger partial charge in [-0.1, -0.05) is 12.1 Å². The van der Waals surface area contributed by atoms with Gasteiger partial charge in [0.15, 0.2) is 0 Å². The van der Waals surface area contributed by atoms with E-state index in [1.54, 1.807) is 23.5 Å². The Kier molecular flexibility index (Phi) is 5.26. The molecule has 0 amide bonds. The van der Waals surface area contributed by atoms with E-state index < -0.39 is 5.97 Å². The van der Waals surface area contributed by atoms with Crippen molar-refractivity contribution in [3.05, 3.63) is 52.4 Å². The third-order valence-corrected chi connectivity index (χ3v) is 6.29. The monoisotopic (exact) mass is 399 g/mol. The number of carbonyl (C=O) groups is 1. The summed E-state index contributed by atoms with van der Waals surface area (Å²) in [4.78, 5) is 22.9. The second kappa shape index (κ2) is 7.83. The summed E-state index contributed by atoms with van der Waals surface area (Å²) >= 11 is 1.64. The molecule has 2 aromatic heterocycles. The molecule has 0 radical (unpaired) electrons. The lowest BCUT2D eigenvalue weighted by Gasteiger charge is -2.25. The number of rotatable bonds is 5. The summed E-state index contributed by atoms with van der Waals surface area (Å²) in [6.45, 7) is 2.60. The van der Waals surface area contributed by atoms with Crippen molar-refractivity contribution in [2.75, 3.05) is 5.32 Å². The van der Waals surface area contributed by atoms with Gasteiger partial charge in [-0.15, -0.1) is 11.3 Å². The molecular weight excluding hydrogens is 377 g/mol. The second-order valence-electron chi connectivity index (χ2n) is 7.37. The van der Waals surface area contributed by atoms with Crippen molar-refractivity contribution in [3.8, 4) is 0 Å². The Morgan fingerprint density at radius 2 is 1.93 bits per heavy atom. The number of nitrogens with zero attached hydrogens (tertiary/aromatic N) is 2. The van der Waals surface area contributed by atoms with Gasteiger partial charge in [0.2, 0.25) is 0 Å². The summed E-state index contributed by atoms with van der Waals surface area (Å²) in [5.41, 5.74) is 0.976. The molecule has 7 heteroatoms. The Hall–Kier alpha value is -2.54. The minimum Gasteiger partial charge on any atom is -0.481 e. The Morgan fingerprint density at radius 1 is 1.21 bits per heavy atom. The topological polar surface area (TPSA) is 75.1 Å². The molecule has 1 fully saturated rings. The number of hydrogen-bond donors (Lipinski definition) is 2. The fraction of sp³-hybridized carbons (Fsp3) is 0.381. The summed E-state index contributed by atoms with van der Waals surface area (Å²) in [6.07, 6.45) is 2.93. The van der Waals surface area contributed by atoms with Crippen LogP contribution >= 0.6 is 11.3 Å². The van der Waals surface area contributed by atoms with Gasteiger partial charge < -0.3 is 10.4 Å². The van der Waals surface area contributed by atoms with Gasteiger partial charge in [-0.05, 0) is 56.4 Å². The SMILES string of the molecule is Cc1cc2c(NCc3ccc(F)cc3)nc(C3CCC(C(=O)O)CC3)nc2s1. The highest BCUT2D eigenvalue weighted by atomic mass is 32.1. The van der Waals surface area contributed by atoms with Gasteiger partial charge in [0.1, 0.15) is 22.3 Å². The van der Waals surface area contributed by atoms with Crippen molar-refractivity contribution in [2.24, 2.45) is 5.92 Å². The average Bonchev–Trinajstić information content (AvgIpc) is 3.07. The van der Waals surface area contributed by atoms with Crippen LogP contribution in [0, 0.1) is 18.7 Å². The molecule has 0 unspecified atom stereocenters. The summed E-state index contributed by atoms with van der Waals surface area (Å²) in [7, 11) is 0. The van der Waals surface area contributed by atoms with Gasteiger partial charge in [0, 0.05) is 17.3 Å². The third-order valence-electron chi connectivity index (χ3n) is 5.35. The van der Waals surface area contributed by atoms with E-state index in [2.05, 4.69) is 11.4 Å². The molecule has 2 N–H and O–H groups in total. The molecule has 4 rings (SSSR count). The molecule has 28 heavy (non-hydrogen) atoms. The van der Waals surface area contributed by atoms with Crippen LogP contribution < -0.4 is 5.32 Å². The van der Waals surface area contributed by atoms with Gasteiger partial charge >= 0.3 is 5.97 Å². The van der Waals surface area contributed by atoms with Gasteiger partial charge in [-0.3, -0.25) is 4.79 Å². The molecule has 1 aliphatic carbocycles. The lowest BCUT2D eigenvalue weighted by Crippen LogP contribution is -2.21. The van der Waals surface area contributed by atoms with Crippen molar-refractivity contribution < 1.29 is 14.3 Å². The quantitative estimate of drug-likeness (QED) is 0.624. The normalized spacial score (nSPS) is 19.6. The highest BCUT2D eigenvalue weighted by molar-refractivity contribution is 7.18. The first-order valence-electron chi connectivity index (χ1n) is 9.49. The summed E-state index contributed by atoms with van der Waals surface area (Å²) in [5.74, 6) is 0.564. The number of anilines is 1. The van der Waals surface area contributed by atoms with E-state index in [1.807, 2.05) is 6.92 Å². The number of thiophene rings is 1. The van der Waals surface area contributed by atoms with Crippen LogP contribution in [-0.2, 0) is 11.3 Å². The Balaban J connectivity index is 1.58. The highest BCUT2D eigenvalue weighted by Gasteiger charge is 2.29. The van der Waals surface area contributed by atoms with Crippen LogP contribution in [0.5, 0.6) is 0 Å². The fourth-order valence-corrected chi connectivity index (χ4v) is 4.65. The van der Waals surface area contributed by atoms with E-state index in [0.717, 1.165) is 40.3 Å². The van der Waals surface area contributed by atoms with E-state index in [0.29, 0.717) is 19.4 Å². The highest BCUT2D eigenvalue weighted by Crippen LogP contribution is 2.37. The van der Waals surface area contributed by atoms with Crippen molar-refractivity contribution in [1.29, 1.82) is 0 Å². The molecule has 1 saturated carbocycles. The van der Waals surface area contributed by atoms with Crippen molar-refractivity contribution in [1.82, 2.24) is 9.97 Å². The maximum absolute atomic E-state index is 13.1. The van der Waals surface area contributed by atoms with Gasteiger partial charge in [0.25, 0.3) is 0 Å². The molecule has 3 aromatic rings. The van der Waals surface area contributed by atoms with E-state index >= 15 is 0 Å². The molecule has 5 nitrogen and oxygen atoms in total. The van der Waals surface area contributed by atoms with Crippen LogP contribution in [0.1, 0.15) is 47.9 Å². The smallest absolute Gasteiger partial charge is 0.306 e. The average molecular weight is 399 g/mol. The second-order valence-corrected chi connectivity index (χ2v) is 8.61. The first kappa shape index (κ1) is 18.8. The van der Waals surface area contributed by atoms with E-state index in [-0.39, 0.29) is 17.7 Å². The number of aryl methyl sites for hydroxylation is 1. The molecule has 146 valence electrons. The van der Waals surface area contributed by atoms with Crippen molar-refractivity contribution >= 4 is 33.3 Å². The van der Waals surface area contributed by atoms with E-state index in [1.165, 1.54) is 17.0 Å². The van der Waals surface area contributed by atoms with Crippen molar-refractivity contribution in [2.45, 2.75) is 45.1 Å². The Labute approximate surface area is 166 Å². The number of nitrogens with one attached hydrogen (secondary N) is 1. The maximum atomic E-state index is 13.1. The number of fused-ring (bicyclic) bond motifs is 1. The van der Waals surface area contributed by atoms with Crippen LogP contribution in [0.15, 0.2) is 30.3 Å². The summed E-state index contributed by atoms with van der Waals surface area (Å²) in [6, 6.07) is 8.50. The predicted octanol–water partition coefficient (Wildman–Crippen LogP) is 5.11. The largest absolute Gasteiger partial charge is 0.481 e. The number of carboxylic acid groups (broad SMARTS) is 1. The zero-order valence-electron chi connectivity index (χ0n) is 15.6. The Morgan fingerprint density at radius 3 is 2.61 bits per heavy atom. The first-order chi connectivity index (χ1) is 13.5. The Bertz CT molecular complexity index is 995. The predicted molar refractivity (Wildman–Crippen MR) is 108 cm³/mol. The number of benzene rings is 1. The standard InChI is InChI=1S/C21H22FN3O2S/c1-12-10-17-19(23-11-13-2-8-16(22)9-3-13)24-18(25-20(17)28-12)14-4-6-15(7-5-14)21(26)27/h2-3,8-10,14-15H,4-7,11H2,1H3,(H,26,27)(H,23,24,25). The molecule has 0 bridgehead atoms. The molecule has 2 heterocycles. The molecular formula is C21H22FN3O2S. The maximum Gasteiger partial charge on any atom is 0.306 e. The summed E-state index contributed by atoms with van der Waals surface area (Å²) < 4.78 is 13.1. The minimum atomic E-state index is -0.703. The molecule has 0 atom stereocenters. The zero-order chi connectivity index (χ0) is 19.7. The lowest BCUT2D eigenvalue weighted by molar-refractivity contribution is -0.142. The third kappa shape index (κ3) is 3.99. The molecule has 1 aromatic carbocycles. The molecule has 1 aliphatic rings. The number of aliphatic carboxylic acids is 1. The summed E-state index contributed by atoms with van der Waals surface area (Å²) in [5, 5.41) is 13.6. The van der Waals surface area contributed by atoms with Crippen LogP contribution in [-0.4, -0.2) is 21.0 Å². The first-order valence-corrected chi connectivity index (χ1v) is 10.3. The fourth-order valence-electron chi connectivity index (χ4n) is 3.76. The van der Waals surface area contributed by atoms with Gasteiger partial charge in [0.05, 0.1) is 11.3 Å². The number of aromatic nitrogens is 2. The molecule has 0 saturated heterocycles. The van der Waals surface area contributed by atoms with E-state index in [9.17, 15) is 14.3 Å². The zero-order valence-corrected chi connectivity index (χ0v) is 16.4. The number of carboxylic acids is 1. The molecule has 0 aliphatic heterocycles. The van der Waals surface area contributed by atoms with Gasteiger partial charge in [-0.2, -0.15) is 0 Å². The van der Waals surface area contributed by atoms with Crippen LogP contribution in [0.3, 0.4) is 0 Å². The van der Waals surface area contributed by atoms with Crippen molar-refractivity contribution in [3.63, 3.8) is 0 Å². The van der Waals surface area contributed by atoms with Crippen LogP contribution in [0.2, 0.25) is 0 Å². The molecule has 0 spiro atoms. The van der Waals surface area contributed by atoms with Gasteiger partial charge in [-0.25, -0.2) is 14.4 Å². The number of halogens is 1. The number of hydrogen-bond acceptors (Lipinski definition) is 5. The van der Waals surface area contributed by atoms with E-state index in [4.69, 9.17) is 9.97 Å². The van der Waals surface area contributed by atoms with Crippen LogP contribution in [0.25, 0.3) is 10.2 Å². The van der Waals surface area contributed by atoms with Crippen LogP contribution in [0.4, 0.5) is 10.2 Å². The lowest BCUT2D eigenvalue weighted by atomic mass is 9.81.